The van der Waals surface area contributed by atoms with Gasteiger partial charge in [0.1, 0.15) is 0 Å². The molecular weight excluding hydrogens is 236 g/mol. The Labute approximate surface area is 120 Å². The molecule has 0 aliphatic carbocycles. The molecule has 0 heterocycles. The lowest BCUT2D eigenvalue weighted by molar-refractivity contribution is -0.140. The molecule has 0 aromatic heterocycles. The molecule has 0 aliphatic heterocycles. The second kappa shape index (κ2) is 6.76. The van der Waals surface area contributed by atoms with Crippen LogP contribution in [-0.2, 0) is 4.79 Å². The molecule has 0 aromatic carbocycles. The molecule has 0 aromatic rings. The minimum absolute atomic E-state index is 0.0675. The van der Waals surface area contributed by atoms with Crippen LogP contribution in [-0.4, -0.2) is 11.1 Å². The van der Waals surface area contributed by atoms with E-state index in [-0.39, 0.29) is 10.8 Å². The van der Waals surface area contributed by atoms with Crippen LogP contribution < -0.4 is 0 Å². The minimum Gasteiger partial charge on any atom is -0.481 e. The second-order valence-electron chi connectivity index (χ2n) is 8.89. The van der Waals surface area contributed by atoms with E-state index in [1.54, 1.807) is 0 Å². The Bertz CT molecular complexity index is 281. The Kier molecular flexibility index (Phi) is 6.57. The Balaban J connectivity index is 4.39. The van der Waals surface area contributed by atoms with Crippen LogP contribution in [0, 0.1) is 16.2 Å². The lowest BCUT2D eigenvalue weighted by Crippen LogP contribution is -2.27. The largest absolute Gasteiger partial charge is 0.481 e. The van der Waals surface area contributed by atoms with Gasteiger partial charge < -0.3 is 5.11 Å². The van der Waals surface area contributed by atoms with Gasteiger partial charge in [0.25, 0.3) is 0 Å². The van der Waals surface area contributed by atoms with Crippen LogP contribution >= 0.6 is 0 Å². The van der Waals surface area contributed by atoms with E-state index < -0.39 is 5.97 Å². The third kappa shape index (κ3) is 11.0. The van der Waals surface area contributed by atoms with Gasteiger partial charge in [-0.2, -0.15) is 0 Å². The molecule has 1 N–H and O–H groups in total. The summed E-state index contributed by atoms with van der Waals surface area (Å²) < 4.78 is 0. The summed E-state index contributed by atoms with van der Waals surface area (Å²) in [6.45, 7) is 15.5. The maximum Gasteiger partial charge on any atom is 0.303 e. The van der Waals surface area contributed by atoms with E-state index in [0.717, 1.165) is 19.3 Å². The van der Waals surface area contributed by atoms with E-state index in [2.05, 4.69) is 48.5 Å². The van der Waals surface area contributed by atoms with Gasteiger partial charge in [-0.1, -0.05) is 61.3 Å². The first-order chi connectivity index (χ1) is 8.33. The van der Waals surface area contributed by atoms with E-state index in [0.29, 0.717) is 11.8 Å². The Morgan fingerprint density at radius 2 is 1.32 bits per heavy atom. The zero-order chi connectivity index (χ0) is 15.3. The molecule has 0 spiro atoms. The zero-order valence-electron chi connectivity index (χ0n) is 14.1. The first-order valence-electron chi connectivity index (χ1n) is 7.55. The van der Waals surface area contributed by atoms with Crippen molar-refractivity contribution in [1.29, 1.82) is 0 Å². The van der Waals surface area contributed by atoms with Gasteiger partial charge >= 0.3 is 5.97 Å². The number of hydrogen-bond acceptors (Lipinski definition) is 1. The number of rotatable bonds is 7. The highest BCUT2D eigenvalue weighted by atomic mass is 16.4. The van der Waals surface area contributed by atoms with Gasteiger partial charge in [0.05, 0.1) is 6.42 Å². The minimum atomic E-state index is -0.664. The average Bonchev–Trinajstić information content (AvgIpc) is 2.06. The van der Waals surface area contributed by atoms with Gasteiger partial charge in [0.15, 0.2) is 0 Å². The predicted octanol–water partition coefficient (Wildman–Crippen LogP) is 5.51. The molecule has 1 atom stereocenters. The van der Waals surface area contributed by atoms with Crippen molar-refractivity contribution in [2.45, 2.75) is 87.0 Å². The van der Waals surface area contributed by atoms with Crippen LogP contribution in [0.3, 0.4) is 0 Å². The van der Waals surface area contributed by atoms with Crippen molar-refractivity contribution in [1.82, 2.24) is 0 Å². The molecule has 114 valence electrons. The topological polar surface area (TPSA) is 37.3 Å². The summed E-state index contributed by atoms with van der Waals surface area (Å²) in [4.78, 5) is 11.1. The van der Waals surface area contributed by atoms with E-state index in [4.69, 9.17) is 5.11 Å². The van der Waals surface area contributed by atoms with Crippen molar-refractivity contribution in [3.05, 3.63) is 0 Å². The summed E-state index contributed by atoms with van der Waals surface area (Å²) in [6.07, 6.45) is 5.83. The van der Waals surface area contributed by atoms with Crippen molar-refractivity contribution in [2.24, 2.45) is 16.2 Å². The fourth-order valence-corrected chi connectivity index (χ4v) is 3.09. The second-order valence-corrected chi connectivity index (χ2v) is 8.89. The van der Waals surface area contributed by atoms with Crippen LogP contribution in [0.1, 0.15) is 87.0 Å². The molecule has 2 nitrogen and oxygen atoms in total. The third-order valence-electron chi connectivity index (χ3n) is 3.49. The molecule has 19 heavy (non-hydrogen) atoms. The molecule has 0 saturated heterocycles. The molecule has 2 heteroatoms. The predicted molar refractivity (Wildman–Crippen MR) is 82.4 cm³/mol. The van der Waals surface area contributed by atoms with Crippen molar-refractivity contribution in [2.75, 3.05) is 0 Å². The first-order valence-corrected chi connectivity index (χ1v) is 7.55. The highest BCUT2D eigenvalue weighted by Crippen LogP contribution is 2.40. The van der Waals surface area contributed by atoms with Crippen LogP contribution in [0.25, 0.3) is 0 Å². The molecule has 0 saturated carbocycles. The summed E-state index contributed by atoms with van der Waals surface area (Å²) in [5, 5.41) is 9.13. The fourth-order valence-electron chi connectivity index (χ4n) is 3.09. The normalized spacial score (nSPS) is 16.2. The monoisotopic (exact) mass is 270 g/mol. The van der Waals surface area contributed by atoms with E-state index in [9.17, 15) is 4.79 Å². The highest BCUT2D eigenvalue weighted by molar-refractivity contribution is 5.67. The highest BCUT2D eigenvalue weighted by Gasteiger charge is 2.31. The van der Waals surface area contributed by atoms with E-state index in [1.165, 1.54) is 12.8 Å². The number of hydrogen-bond donors (Lipinski definition) is 1. The zero-order valence-corrected chi connectivity index (χ0v) is 14.1. The van der Waals surface area contributed by atoms with Crippen molar-refractivity contribution >= 4 is 5.97 Å². The lowest BCUT2D eigenvalue weighted by atomic mass is 9.70. The van der Waals surface area contributed by atoms with Gasteiger partial charge in [0.2, 0.25) is 0 Å². The van der Waals surface area contributed by atoms with Crippen molar-refractivity contribution in [3.8, 4) is 0 Å². The Morgan fingerprint density at radius 3 is 1.68 bits per heavy atom. The molecular formula is C17H34O2. The Hall–Kier alpha value is -0.530. The standard InChI is InChI=1S/C17H34O2/c1-15(2,3)10-8-9-11-17(7,12-14(18)19)13-16(4,5)6/h8-13H2,1-7H3,(H,18,19). The maximum absolute atomic E-state index is 11.1. The van der Waals surface area contributed by atoms with E-state index in [1.807, 2.05) is 0 Å². The SMILES string of the molecule is CC(C)(C)CCCCC(C)(CC(=O)O)CC(C)(C)C. The molecule has 0 radical (unpaired) electrons. The number of aliphatic carboxylic acids is 1. The Morgan fingerprint density at radius 1 is 0.842 bits per heavy atom. The summed E-state index contributed by atoms with van der Waals surface area (Å²) in [6, 6.07) is 0. The third-order valence-corrected chi connectivity index (χ3v) is 3.49. The van der Waals surface area contributed by atoms with Crippen molar-refractivity contribution < 1.29 is 9.90 Å². The van der Waals surface area contributed by atoms with Gasteiger partial charge in [-0.3, -0.25) is 4.79 Å². The summed E-state index contributed by atoms with van der Waals surface area (Å²) >= 11 is 0. The fraction of sp³-hybridized carbons (Fsp3) is 0.941. The van der Waals surface area contributed by atoms with Crippen LogP contribution in [0.5, 0.6) is 0 Å². The van der Waals surface area contributed by atoms with Crippen LogP contribution in [0.4, 0.5) is 0 Å². The number of carboxylic acid groups (broad SMARTS) is 1. The molecule has 0 bridgehead atoms. The first kappa shape index (κ1) is 18.5. The van der Waals surface area contributed by atoms with Crippen LogP contribution in [0.15, 0.2) is 0 Å². The quantitative estimate of drug-likeness (QED) is 0.619. The van der Waals surface area contributed by atoms with E-state index >= 15 is 0 Å². The van der Waals surface area contributed by atoms with Gasteiger partial charge in [-0.05, 0) is 35.5 Å². The van der Waals surface area contributed by atoms with Crippen molar-refractivity contribution in [3.63, 3.8) is 0 Å². The average molecular weight is 270 g/mol. The number of carbonyl (C=O) groups is 1. The summed E-state index contributed by atoms with van der Waals surface area (Å²) in [7, 11) is 0. The summed E-state index contributed by atoms with van der Waals surface area (Å²) in [5.74, 6) is -0.664. The molecule has 0 amide bonds. The molecule has 0 rings (SSSR count). The van der Waals surface area contributed by atoms with Gasteiger partial charge in [-0.15, -0.1) is 0 Å². The maximum atomic E-state index is 11.1. The number of carboxylic acids is 1. The van der Waals surface area contributed by atoms with Gasteiger partial charge in [0, 0.05) is 0 Å². The molecule has 0 aliphatic rings. The van der Waals surface area contributed by atoms with Crippen LogP contribution in [0.2, 0.25) is 0 Å². The number of unbranched alkanes of at least 4 members (excludes halogenated alkanes) is 1. The molecule has 1 unspecified atom stereocenters. The molecule has 0 fully saturated rings. The summed E-state index contributed by atoms with van der Waals surface area (Å²) in [5.41, 5.74) is 0.503. The lowest BCUT2D eigenvalue weighted by Gasteiger charge is -2.35. The smallest absolute Gasteiger partial charge is 0.303 e. The van der Waals surface area contributed by atoms with Gasteiger partial charge in [-0.25, -0.2) is 0 Å².